The van der Waals surface area contributed by atoms with Gasteiger partial charge in [0.2, 0.25) is 0 Å². The van der Waals surface area contributed by atoms with E-state index in [1.165, 1.54) is 33.4 Å². The summed E-state index contributed by atoms with van der Waals surface area (Å²) in [6.45, 7) is 6.32. The van der Waals surface area contributed by atoms with Crippen LogP contribution in [0.1, 0.15) is 68.9 Å². The van der Waals surface area contributed by atoms with E-state index >= 15 is 5.73 Å². The predicted octanol–water partition coefficient (Wildman–Crippen LogP) is 13.0. The van der Waals surface area contributed by atoms with Crippen molar-refractivity contribution in [2.45, 2.75) is 35.5 Å². The van der Waals surface area contributed by atoms with Crippen LogP contribution >= 0.6 is 0 Å². The molecule has 0 saturated carbocycles. The molecule has 9 aromatic carbocycles. The summed E-state index contributed by atoms with van der Waals surface area (Å²) in [6.07, 6.45) is 0. The van der Waals surface area contributed by atoms with Crippen molar-refractivity contribution in [3.63, 3.8) is 0 Å². The van der Waals surface area contributed by atoms with Gasteiger partial charge in [0.15, 0.2) is 0 Å². The summed E-state index contributed by atoms with van der Waals surface area (Å²) in [7, 11) is 0. The molecule has 12 rings (SSSR count). The molecule has 0 spiro atoms. The van der Waals surface area contributed by atoms with E-state index in [1.54, 1.807) is 91.0 Å². The molecule has 366 valence electrons. The maximum atomic E-state index is 16.2. The number of halogens is 2. The van der Waals surface area contributed by atoms with Crippen molar-refractivity contribution in [3.8, 4) is 0 Å². The second kappa shape index (κ2) is 22.1. The van der Waals surface area contributed by atoms with Crippen LogP contribution in [0.3, 0.4) is 0 Å². The van der Waals surface area contributed by atoms with Crippen LogP contribution in [0.5, 0.6) is 0 Å². The summed E-state index contributed by atoms with van der Waals surface area (Å²) in [5.74, 6) is 2.63. The summed E-state index contributed by atoms with van der Waals surface area (Å²) in [5, 5.41) is 0. The first-order valence-electron chi connectivity index (χ1n) is 26.0. The average molecular weight is 1090 g/mol. The predicted molar refractivity (Wildman–Crippen MR) is 303 cm³/mol. The molecule has 7 heteroatoms. The number of benzene rings is 9. The monoisotopic (exact) mass is 1090 g/mol. The van der Waals surface area contributed by atoms with Crippen LogP contribution in [-0.4, -0.2) is 70.3 Å². The Hall–Kier alpha value is -6.13. The zero-order chi connectivity index (χ0) is 49.5. The Morgan fingerprint density at radius 3 is 0.562 bits per heavy atom. The molecule has 0 radical (unpaired) electrons. The third-order valence-electron chi connectivity index (χ3n) is 15.8. The number of rotatable bonds is 12. The Balaban J connectivity index is 0.000000228. The maximum Gasteiger partial charge on any atom is 0.268 e. The Labute approximate surface area is 437 Å². The van der Waals surface area contributed by atoms with Crippen LogP contribution in [0.15, 0.2) is 273 Å². The van der Waals surface area contributed by atoms with Crippen molar-refractivity contribution in [3.05, 3.63) is 306 Å². The van der Waals surface area contributed by atoms with E-state index < -0.39 is 18.1 Å². The molecule has 73 heavy (non-hydrogen) atoms. The second-order valence-corrected chi connectivity index (χ2v) is 32.8. The first kappa shape index (κ1) is 49.1. The van der Waals surface area contributed by atoms with Gasteiger partial charge in [0.05, 0.1) is 39.3 Å². The van der Waals surface area contributed by atoms with Gasteiger partial charge in [-0.2, -0.15) is 0 Å². The summed E-state index contributed by atoms with van der Waals surface area (Å²) < 4.78 is 41.7. The van der Waals surface area contributed by atoms with Crippen LogP contribution in [0, 0.1) is 0 Å². The molecule has 3 nitrogen and oxygen atoms in total. The first-order valence-corrected chi connectivity index (χ1v) is 33.5. The van der Waals surface area contributed by atoms with Crippen LogP contribution < -0.4 is 10.7 Å². The molecule has 0 aliphatic carbocycles. The Bertz CT molecular complexity index is 2630. The first-order chi connectivity index (χ1) is 35.9. The Morgan fingerprint density at radius 2 is 0.397 bits per heavy atom. The van der Waals surface area contributed by atoms with Gasteiger partial charge in [-0.3, -0.25) is 0 Å². The van der Waals surface area contributed by atoms with E-state index in [9.17, 15) is 0 Å². The maximum absolute atomic E-state index is 16.2. The molecule has 3 heterocycles. The largest absolute Gasteiger partial charge is 0.268 e. The summed E-state index contributed by atoms with van der Waals surface area (Å²) in [5.41, 5.74) is 8.74. The smallest absolute Gasteiger partial charge is 0.0868 e. The zero-order valence-electron chi connectivity index (χ0n) is 41.2. The fraction of sp³-hybridized carbons (Fsp3) is 0.182. The van der Waals surface area contributed by atoms with Crippen molar-refractivity contribution in [2.75, 3.05) is 39.3 Å². The molecule has 0 bridgehead atoms. The van der Waals surface area contributed by atoms with Crippen molar-refractivity contribution < 1.29 is 5.73 Å². The molecule has 3 fully saturated rings. The van der Waals surface area contributed by atoms with Gasteiger partial charge in [0, 0.05) is 35.5 Å². The minimum atomic E-state index is -6.45. The van der Waals surface area contributed by atoms with Gasteiger partial charge in [-0.25, -0.2) is 0 Å². The zero-order valence-corrected chi connectivity index (χ0v) is 44.9. The van der Waals surface area contributed by atoms with E-state index in [1.807, 2.05) is 0 Å². The molecule has 3 aliphatic heterocycles. The molecule has 0 aromatic heterocycles. The van der Waals surface area contributed by atoms with Gasteiger partial charge in [0.1, 0.15) is 0 Å². The quantitative estimate of drug-likeness (QED) is 0.0892. The van der Waals surface area contributed by atoms with Gasteiger partial charge in [-0.05, 0) is 33.4 Å². The van der Waals surface area contributed by atoms with Crippen molar-refractivity contribution in [1.82, 2.24) is 12.9 Å². The second-order valence-electron chi connectivity index (χ2n) is 20.0. The van der Waals surface area contributed by atoms with Gasteiger partial charge in [0.25, 0.3) is 11.5 Å². The van der Waals surface area contributed by atoms with Crippen molar-refractivity contribution in [2.24, 2.45) is 0 Å². The summed E-state index contributed by atoms with van der Waals surface area (Å²) in [6, 6.07) is 92.8. The molecule has 0 unspecified atom stereocenters. The van der Waals surface area contributed by atoms with Crippen LogP contribution in [-0.2, 0) is 11.5 Å². The van der Waals surface area contributed by atoms with E-state index in [0.29, 0.717) is 35.5 Å². The number of hydrogen-bond acceptors (Lipinski definition) is 3. The van der Waals surface area contributed by atoms with Crippen molar-refractivity contribution >= 4 is 40.3 Å². The Morgan fingerprint density at radius 1 is 0.247 bits per heavy atom. The van der Waals surface area contributed by atoms with E-state index in [2.05, 4.69) is 195 Å². The topological polar surface area (TPSA) is 9.72 Å². The fourth-order valence-electron chi connectivity index (χ4n) is 12.1. The van der Waals surface area contributed by atoms with Gasteiger partial charge >= 0.3 is 126 Å². The molecule has 9 aromatic rings. The van der Waals surface area contributed by atoms with Crippen LogP contribution in [0.2, 0.25) is 0 Å². The number of hydrogen-bond donors (Lipinski definition) is 0. The molecule has 0 amide bonds. The van der Waals surface area contributed by atoms with E-state index in [0.717, 1.165) is 39.3 Å². The van der Waals surface area contributed by atoms with Gasteiger partial charge in [-0.1, -0.05) is 195 Å². The van der Waals surface area contributed by atoms with E-state index in [-0.39, 0.29) is 22.2 Å². The van der Waals surface area contributed by atoms with Crippen LogP contribution in [0.25, 0.3) is 0 Å². The number of nitrogens with zero attached hydrogens (tertiary/aromatic N) is 3. The molecule has 3 aliphatic rings. The average Bonchev–Trinajstić information content (AvgIpc) is 4.25. The molecule has 6 atom stereocenters. The van der Waals surface area contributed by atoms with E-state index in [4.69, 9.17) is 0 Å². The Kier molecular flexibility index (Phi) is 14.9. The third-order valence-corrected chi connectivity index (χ3v) is 29.6. The molecule has 0 N–H and O–H groups in total. The summed E-state index contributed by atoms with van der Waals surface area (Å²) in [4.78, 5) is 0. The molecular weight excluding hydrogens is 1020 g/mol. The molecule has 3 saturated heterocycles. The minimum absolute atomic E-state index is 0.177. The van der Waals surface area contributed by atoms with Crippen molar-refractivity contribution in [1.29, 1.82) is 0 Å². The normalized spacial score (nSPS) is 22.0. The minimum Gasteiger partial charge on any atom is -0.0868 e. The fourth-order valence-corrected chi connectivity index (χ4v) is 24.4. The van der Waals surface area contributed by atoms with Gasteiger partial charge in [-0.15, -0.1) is 0 Å². The molecular formula is C66H63F2N3SSn. The van der Waals surface area contributed by atoms with Gasteiger partial charge < -0.3 is 0 Å². The standard InChI is InChI=1S/C48H48N3S.3C6H5.2FH.Sn/c1-7-19-37(20-8-1)43-31-49(32-44(43)38-21-9-2-10-22-38)52(50-33-45(39-23-11-3-12-24-39)46(34-50)40-25-13-4-14-26-40)51-35-47(41-27-15-5-16-28-41)48(36-51)42-29-17-6-18-30-42;3*1-2-4-6-5-3-1;;;/h1-30,43-48H,31-36H2;3*1-5H;2*1H;/q+1;;;;;;+1/p-2/t43-,44-,45-,46-,47-,48-;;;;;;/m0....../s1. The SMILES string of the molecule is [F][Sn-]([F])([c]1ccccc1)([c]1ccccc1)[c]1ccccc1.c1ccc([C@@H]2CN([S+](N3C[C@@H](c4ccccc4)[C@H](c4ccccc4)C3)N3C[C@@H](c4ccccc4)[C@H](c4ccccc4)C3)C[C@H]2c2ccccc2)cc1. The van der Waals surface area contributed by atoms with Crippen LogP contribution in [0.4, 0.5) is 5.73 Å². The third kappa shape index (κ3) is 10.3. The summed E-state index contributed by atoms with van der Waals surface area (Å²) >= 11 is -6.67.